The molecule has 4 rings (SSSR count). The number of nitrogens with zero attached hydrogens (tertiary/aromatic N) is 2. The first-order valence-electron chi connectivity index (χ1n) is 11.0. The van der Waals surface area contributed by atoms with Crippen molar-refractivity contribution in [2.45, 2.75) is 38.3 Å². The summed E-state index contributed by atoms with van der Waals surface area (Å²) in [6.07, 6.45) is 5.89. The topological polar surface area (TPSA) is 63.7 Å². The highest BCUT2D eigenvalue weighted by Crippen LogP contribution is 2.24. The lowest BCUT2D eigenvalue weighted by atomic mass is 10.0. The standard InChI is InChI=1S/C24H31N3O3/c28-24(26-17-19-10-15-29-16-11-19)22-6-1-2-7-23(22)30-21-8-13-27(14-9-21)18-20-5-3-4-12-25-20/h1-7,12,19,21H,8-11,13-18H2,(H,26,28). The van der Waals surface area contributed by atoms with Crippen LogP contribution in [-0.2, 0) is 11.3 Å². The predicted molar refractivity (Wildman–Crippen MR) is 115 cm³/mol. The van der Waals surface area contributed by atoms with Crippen LogP contribution in [0.4, 0.5) is 0 Å². The SMILES string of the molecule is O=C(NCC1CCOCC1)c1ccccc1OC1CCN(Cc2ccccn2)CC1. The van der Waals surface area contributed by atoms with Gasteiger partial charge in [0, 0.05) is 45.6 Å². The molecular weight excluding hydrogens is 378 g/mol. The van der Waals surface area contributed by atoms with Gasteiger partial charge in [-0.3, -0.25) is 14.7 Å². The number of carbonyl (C=O) groups excluding carboxylic acids is 1. The number of piperidine rings is 1. The van der Waals surface area contributed by atoms with Crippen molar-refractivity contribution in [3.63, 3.8) is 0 Å². The zero-order valence-electron chi connectivity index (χ0n) is 17.5. The van der Waals surface area contributed by atoms with Crippen LogP contribution >= 0.6 is 0 Å². The summed E-state index contributed by atoms with van der Waals surface area (Å²) in [6.45, 7) is 5.10. The second-order valence-electron chi connectivity index (χ2n) is 8.18. The summed E-state index contributed by atoms with van der Waals surface area (Å²) in [5.74, 6) is 1.13. The number of likely N-dealkylation sites (tertiary alicyclic amines) is 1. The van der Waals surface area contributed by atoms with E-state index in [-0.39, 0.29) is 12.0 Å². The van der Waals surface area contributed by atoms with Crippen molar-refractivity contribution in [1.29, 1.82) is 0 Å². The van der Waals surface area contributed by atoms with Crippen molar-refractivity contribution in [3.05, 3.63) is 59.9 Å². The van der Waals surface area contributed by atoms with E-state index in [9.17, 15) is 4.79 Å². The molecule has 0 aliphatic carbocycles. The van der Waals surface area contributed by atoms with Crippen molar-refractivity contribution < 1.29 is 14.3 Å². The molecule has 1 aromatic heterocycles. The zero-order valence-corrected chi connectivity index (χ0v) is 17.5. The molecule has 0 spiro atoms. The Morgan fingerprint density at radius 1 is 1.07 bits per heavy atom. The Kier molecular flexibility index (Phi) is 7.32. The highest BCUT2D eigenvalue weighted by Gasteiger charge is 2.23. The van der Waals surface area contributed by atoms with E-state index in [4.69, 9.17) is 9.47 Å². The maximum absolute atomic E-state index is 12.8. The molecule has 2 aliphatic heterocycles. The van der Waals surface area contributed by atoms with Crippen molar-refractivity contribution in [2.75, 3.05) is 32.8 Å². The van der Waals surface area contributed by atoms with E-state index in [1.165, 1.54) is 0 Å². The number of pyridine rings is 1. The molecule has 3 heterocycles. The number of amides is 1. The van der Waals surface area contributed by atoms with E-state index >= 15 is 0 Å². The number of carbonyl (C=O) groups is 1. The molecule has 1 amide bonds. The summed E-state index contributed by atoms with van der Waals surface area (Å²) in [5.41, 5.74) is 1.73. The summed E-state index contributed by atoms with van der Waals surface area (Å²) in [4.78, 5) is 19.6. The number of hydrogen-bond donors (Lipinski definition) is 1. The quantitative estimate of drug-likeness (QED) is 0.760. The first kappa shape index (κ1) is 20.8. The van der Waals surface area contributed by atoms with E-state index in [0.717, 1.165) is 64.2 Å². The monoisotopic (exact) mass is 409 g/mol. The first-order valence-corrected chi connectivity index (χ1v) is 11.0. The molecule has 6 nitrogen and oxygen atoms in total. The lowest BCUT2D eigenvalue weighted by Crippen LogP contribution is -2.38. The minimum Gasteiger partial charge on any atom is -0.489 e. The smallest absolute Gasteiger partial charge is 0.255 e. The van der Waals surface area contributed by atoms with E-state index in [0.29, 0.717) is 23.8 Å². The molecule has 30 heavy (non-hydrogen) atoms. The third-order valence-corrected chi connectivity index (χ3v) is 5.96. The van der Waals surface area contributed by atoms with Crippen molar-refractivity contribution in [2.24, 2.45) is 5.92 Å². The van der Waals surface area contributed by atoms with Crippen LogP contribution in [0.5, 0.6) is 5.75 Å². The molecule has 0 unspecified atom stereocenters. The molecule has 0 bridgehead atoms. The molecule has 2 aliphatic rings. The summed E-state index contributed by atoms with van der Waals surface area (Å²) < 4.78 is 11.7. The van der Waals surface area contributed by atoms with Crippen LogP contribution in [0.1, 0.15) is 41.7 Å². The minimum absolute atomic E-state index is 0.0512. The van der Waals surface area contributed by atoms with Gasteiger partial charge in [-0.05, 0) is 55.9 Å². The number of ether oxygens (including phenoxy) is 2. The predicted octanol–water partition coefficient (Wildman–Crippen LogP) is 3.28. The van der Waals surface area contributed by atoms with Gasteiger partial charge in [0.1, 0.15) is 11.9 Å². The van der Waals surface area contributed by atoms with Gasteiger partial charge in [0.25, 0.3) is 5.91 Å². The number of rotatable bonds is 7. The minimum atomic E-state index is -0.0512. The maximum atomic E-state index is 12.8. The summed E-state index contributed by atoms with van der Waals surface area (Å²) in [6, 6.07) is 13.6. The summed E-state index contributed by atoms with van der Waals surface area (Å²) >= 11 is 0. The van der Waals surface area contributed by atoms with E-state index in [2.05, 4.69) is 21.3 Å². The van der Waals surface area contributed by atoms with Crippen LogP contribution in [0.15, 0.2) is 48.7 Å². The van der Waals surface area contributed by atoms with Crippen LogP contribution < -0.4 is 10.1 Å². The van der Waals surface area contributed by atoms with Gasteiger partial charge in [-0.2, -0.15) is 0 Å². The van der Waals surface area contributed by atoms with Crippen molar-refractivity contribution in [3.8, 4) is 5.75 Å². The normalized spacial score (nSPS) is 18.8. The Hall–Kier alpha value is -2.44. The number of benzene rings is 1. The lowest BCUT2D eigenvalue weighted by Gasteiger charge is -2.32. The van der Waals surface area contributed by atoms with Crippen LogP contribution in [0, 0.1) is 5.92 Å². The van der Waals surface area contributed by atoms with Gasteiger partial charge in [0.05, 0.1) is 11.3 Å². The average Bonchev–Trinajstić information content (AvgIpc) is 2.80. The van der Waals surface area contributed by atoms with Crippen LogP contribution in [0.25, 0.3) is 0 Å². The van der Waals surface area contributed by atoms with Gasteiger partial charge < -0.3 is 14.8 Å². The average molecular weight is 410 g/mol. The second-order valence-corrected chi connectivity index (χ2v) is 8.18. The maximum Gasteiger partial charge on any atom is 0.255 e. The Morgan fingerprint density at radius 3 is 2.60 bits per heavy atom. The third-order valence-electron chi connectivity index (χ3n) is 5.96. The fraction of sp³-hybridized carbons (Fsp3) is 0.500. The van der Waals surface area contributed by atoms with Gasteiger partial charge in [-0.15, -0.1) is 0 Å². The number of aromatic nitrogens is 1. The molecular formula is C24H31N3O3. The second kappa shape index (κ2) is 10.5. The molecule has 2 fully saturated rings. The molecule has 2 saturated heterocycles. The van der Waals surface area contributed by atoms with E-state index in [1.807, 2.05) is 42.6 Å². The zero-order chi connectivity index (χ0) is 20.6. The van der Waals surface area contributed by atoms with Crippen molar-refractivity contribution >= 4 is 5.91 Å². The fourth-order valence-electron chi connectivity index (χ4n) is 4.13. The molecule has 0 radical (unpaired) electrons. The molecule has 0 atom stereocenters. The molecule has 6 heteroatoms. The highest BCUT2D eigenvalue weighted by molar-refractivity contribution is 5.96. The molecule has 160 valence electrons. The Bertz CT molecular complexity index is 800. The summed E-state index contributed by atoms with van der Waals surface area (Å²) in [7, 11) is 0. The Labute approximate surface area is 178 Å². The Morgan fingerprint density at radius 2 is 1.83 bits per heavy atom. The molecule has 2 aromatic rings. The third kappa shape index (κ3) is 5.80. The van der Waals surface area contributed by atoms with Gasteiger partial charge in [0.15, 0.2) is 0 Å². The van der Waals surface area contributed by atoms with Crippen LogP contribution in [0.3, 0.4) is 0 Å². The van der Waals surface area contributed by atoms with Crippen LogP contribution in [0.2, 0.25) is 0 Å². The number of hydrogen-bond acceptors (Lipinski definition) is 5. The number of nitrogens with one attached hydrogen (secondary N) is 1. The van der Waals surface area contributed by atoms with Gasteiger partial charge >= 0.3 is 0 Å². The number of para-hydroxylation sites is 1. The summed E-state index contributed by atoms with van der Waals surface area (Å²) in [5, 5.41) is 3.09. The van der Waals surface area contributed by atoms with E-state index in [1.54, 1.807) is 0 Å². The van der Waals surface area contributed by atoms with Gasteiger partial charge in [0.2, 0.25) is 0 Å². The molecule has 1 N–H and O–H groups in total. The lowest BCUT2D eigenvalue weighted by molar-refractivity contribution is 0.0640. The van der Waals surface area contributed by atoms with Crippen molar-refractivity contribution in [1.82, 2.24) is 15.2 Å². The fourth-order valence-corrected chi connectivity index (χ4v) is 4.13. The van der Waals surface area contributed by atoms with Gasteiger partial charge in [-0.25, -0.2) is 0 Å². The van der Waals surface area contributed by atoms with E-state index < -0.39 is 0 Å². The Balaban J connectivity index is 1.28. The molecule has 0 saturated carbocycles. The first-order chi connectivity index (χ1) is 14.8. The van der Waals surface area contributed by atoms with Gasteiger partial charge in [-0.1, -0.05) is 18.2 Å². The van der Waals surface area contributed by atoms with Crippen LogP contribution in [-0.4, -0.2) is 54.7 Å². The highest BCUT2D eigenvalue weighted by atomic mass is 16.5. The largest absolute Gasteiger partial charge is 0.489 e. The molecule has 1 aromatic carbocycles.